The maximum atomic E-state index is 12.4. The molecule has 1 rings (SSSR count). The number of benzene rings is 1. The van der Waals surface area contributed by atoms with Crippen LogP contribution in [-0.2, 0) is 10.3 Å². The highest BCUT2D eigenvalue weighted by molar-refractivity contribution is 7.87. The number of halogens is 2. The van der Waals surface area contributed by atoms with Crippen molar-refractivity contribution in [3.8, 4) is 0 Å². The van der Waals surface area contributed by atoms with Gasteiger partial charge in [0, 0.05) is 6.07 Å². The molecule has 0 aliphatic rings. The molecule has 0 saturated heterocycles. The molecule has 0 atom stereocenters. The van der Waals surface area contributed by atoms with Gasteiger partial charge in [0.1, 0.15) is 11.6 Å². The Kier molecular flexibility index (Phi) is 2.48. The summed E-state index contributed by atoms with van der Waals surface area (Å²) in [6, 6.07) is 2.04. The first-order valence-electron chi connectivity index (χ1n) is 3.08. The number of rotatable bonds is 2. The van der Waals surface area contributed by atoms with Crippen molar-refractivity contribution in [2.45, 2.75) is 0 Å². The maximum Gasteiger partial charge on any atom is 0.357 e. The predicted molar refractivity (Wildman–Crippen MR) is 41.5 cm³/mol. The van der Waals surface area contributed by atoms with E-state index in [9.17, 15) is 17.2 Å². The average Bonchev–Trinajstić information content (AvgIpc) is 1.78. The first-order valence-corrected chi connectivity index (χ1v) is 4.52. The highest BCUT2D eigenvalue weighted by Gasteiger charge is 2.06. The monoisotopic (exact) mass is 209 g/mol. The molecule has 0 bridgehead atoms. The summed E-state index contributed by atoms with van der Waals surface area (Å²) >= 11 is 0. The van der Waals surface area contributed by atoms with Crippen LogP contribution in [0.25, 0.3) is 0 Å². The minimum Gasteiger partial charge on any atom is -0.269 e. The lowest BCUT2D eigenvalue weighted by Crippen LogP contribution is -2.10. The van der Waals surface area contributed by atoms with E-state index < -0.39 is 21.9 Å². The molecule has 72 valence electrons. The van der Waals surface area contributed by atoms with E-state index >= 15 is 0 Å². The summed E-state index contributed by atoms with van der Waals surface area (Å²) in [6.45, 7) is 0. The van der Waals surface area contributed by atoms with Crippen LogP contribution in [0.2, 0.25) is 0 Å². The fraction of sp³-hybridized carbons (Fsp3) is 0. The van der Waals surface area contributed by atoms with Gasteiger partial charge in [-0.05, 0) is 12.1 Å². The van der Waals surface area contributed by atoms with Gasteiger partial charge in [0.2, 0.25) is 0 Å². The first kappa shape index (κ1) is 9.87. The third kappa shape index (κ3) is 3.34. The van der Waals surface area contributed by atoms with E-state index in [-0.39, 0.29) is 5.69 Å². The van der Waals surface area contributed by atoms with Crippen LogP contribution in [0, 0.1) is 11.6 Å². The number of hydrogen-bond donors (Lipinski definition) is 2. The van der Waals surface area contributed by atoms with Gasteiger partial charge in [0.05, 0.1) is 5.69 Å². The molecule has 0 spiro atoms. The Morgan fingerprint density at radius 3 is 2.00 bits per heavy atom. The lowest BCUT2D eigenvalue weighted by molar-refractivity contribution is 0.489. The van der Waals surface area contributed by atoms with Crippen LogP contribution in [0.15, 0.2) is 18.2 Å². The van der Waals surface area contributed by atoms with Crippen LogP contribution in [0.5, 0.6) is 0 Å². The summed E-state index contributed by atoms with van der Waals surface area (Å²) in [4.78, 5) is 0. The quantitative estimate of drug-likeness (QED) is 0.718. The summed E-state index contributed by atoms with van der Waals surface area (Å²) in [7, 11) is -4.49. The predicted octanol–water partition coefficient (Wildman–Crippen LogP) is 1.18. The Bertz CT molecular complexity index is 398. The molecule has 0 unspecified atom stereocenters. The molecule has 0 fully saturated rings. The molecule has 13 heavy (non-hydrogen) atoms. The highest BCUT2D eigenvalue weighted by atomic mass is 32.2. The Hall–Kier alpha value is -1.21. The van der Waals surface area contributed by atoms with Crippen LogP contribution in [-0.4, -0.2) is 13.0 Å². The minimum absolute atomic E-state index is 0.375. The van der Waals surface area contributed by atoms with Crippen molar-refractivity contribution in [3.05, 3.63) is 29.8 Å². The first-order chi connectivity index (χ1) is 5.87. The average molecular weight is 209 g/mol. The second-order valence-corrected chi connectivity index (χ2v) is 3.39. The fourth-order valence-corrected chi connectivity index (χ4v) is 1.18. The van der Waals surface area contributed by atoms with Gasteiger partial charge in [0.25, 0.3) is 0 Å². The van der Waals surface area contributed by atoms with Crippen molar-refractivity contribution in [1.29, 1.82) is 0 Å². The zero-order valence-electron chi connectivity index (χ0n) is 6.16. The van der Waals surface area contributed by atoms with Gasteiger partial charge in [-0.3, -0.25) is 9.27 Å². The molecule has 0 heterocycles. The van der Waals surface area contributed by atoms with Crippen molar-refractivity contribution in [3.63, 3.8) is 0 Å². The van der Waals surface area contributed by atoms with E-state index in [0.29, 0.717) is 6.07 Å². The van der Waals surface area contributed by atoms with E-state index in [1.165, 1.54) is 4.72 Å². The molecule has 4 nitrogen and oxygen atoms in total. The molecule has 1 aromatic rings. The molecule has 1 aromatic carbocycles. The summed E-state index contributed by atoms with van der Waals surface area (Å²) in [5, 5.41) is 0. The lowest BCUT2D eigenvalue weighted by Gasteiger charge is -2.01. The highest BCUT2D eigenvalue weighted by Crippen LogP contribution is 2.13. The fourth-order valence-electron chi connectivity index (χ4n) is 0.762. The maximum absolute atomic E-state index is 12.4. The second kappa shape index (κ2) is 3.27. The zero-order chi connectivity index (χ0) is 10.1. The topological polar surface area (TPSA) is 66.4 Å². The third-order valence-electron chi connectivity index (χ3n) is 1.11. The lowest BCUT2D eigenvalue weighted by atomic mass is 10.3. The second-order valence-electron chi connectivity index (χ2n) is 2.24. The summed E-state index contributed by atoms with van der Waals surface area (Å²) in [5.74, 6) is -1.88. The Morgan fingerprint density at radius 2 is 1.62 bits per heavy atom. The summed E-state index contributed by atoms with van der Waals surface area (Å²) in [6.07, 6.45) is 0. The summed E-state index contributed by atoms with van der Waals surface area (Å²) in [5.41, 5.74) is -0.375. The molecular weight excluding hydrogens is 204 g/mol. The Balaban J connectivity index is 3.03. The molecule has 0 aliphatic carbocycles. The Morgan fingerprint density at radius 1 is 1.15 bits per heavy atom. The smallest absolute Gasteiger partial charge is 0.269 e. The van der Waals surface area contributed by atoms with Crippen LogP contribution >= 0.6 is 0 Å². The van der Waals surface area contributed by atoms with Crippen molar-refractivity contribution in [1.82, 2.24) is 0 Å². The Labute approximate surface area is 73.1 Å². The van der Waals surface area contributed by atoms with Gasteiger partial charge in [-0.15, -0.1) is 0 Å². The van der Waals surface area contributed by atoms with Crippen LogP contribution in [0.4, 0.5) is 14.5 Å². The van der Waals surface area contributed by atoms with Gasteiger partial charge in [-0.25, -0.2) is 8.78 Å². The molecule has 0 radical (unpaired) electrons. The van der Waals surface area contributed by atoms with Crippen molar-refractivity contribution < 1.29 is 21.8 Å². The minimum atomic E-state index is -4.49. The molecule has 0 aromatic heterocycles. The van der Waals surface area contributed by atoms with E-state index in [2.05, 4.69) is 0 Å². The molecule has 0 saturated carbocycles. The summed E-state index contributed by atoms with van der Waals surface area (Å²) < 4.78 is 55.1. The number of nitrogens with one attached hydrogen (secondary N) is 1. The van der Waals surface area contributed by atoms with E-state index in [0.717, 1.165) is 12.1 Å². The molecular formula is C6H5F2NO3S. The number of anilines is 1. The largest absolute Gasteiger partial charge is 0.357 e. The van der Waals surface area contributed by atoms with Gasteiger partial charge < -0.3 is 0 Å². The molecule has 7 heteroatoms. The van der Waals surface area contributed by atoms with Gasteiger partial charge in [-0.1, -0.05) is 0 Å². The SMILES string of the molecule is O=S(=O)(O)Nc1cc(F)cc(F)c1. The number of hydrogen-bond acceptors (Lipinski definition) is 2. The van der Waals surface area contributed by atoms with Crippen molar-refractivity contribution >= 4 is 16.0 Å². The van der Waals surface area contributed by atoms with Crippen LogP contribution in [0.3, 0.4) is 0 Å². The normalized spacial score (nSPS) is 11.3. The van der Waals surface area contributed by atoms with E-state index in [1.54, 1.807) is 0 Å². The van der Waals surface area contributed by atoms with Crippen molar-refractivity contribution in [2.24, 2.45) is 0 Å². The van der Waals surface area contributed by atoms with E-state index in [1.807, 2.05) is 0 Å². The van der Waals surface area contributed by atoms with Gasteiger partial charge in [0.15, 0.2) is 0 Å². The standard InChI is InChI=1S/C6H5F2NO3S/c7-4-1-5(8)3-6(2-4)9-13(10,11)12/h1-3,9H,(H,10,11,12). The molecule has 0 aliphatic heterocycles. The van der Waals surface area contributed by atoms with Crippen LogP contribution in [0.1, 0.15) is 0 Å². The third-order valence-corrected chi connectivity index (χ3v) is 1.60. The van der Waals surface area contributed by atoms with Gasteiger partial charge in [-0.2, -0.15) is 8.42 Å². The van der Waals surface area contributed by atoms with Gasteiger partial charge >= 0.3 is 10.3 Å². The molecule has 0 amide bonds. The van der Waals surface area contributed by atoms with Crippen LogP contribution < -0.4 is 4.72 Å². The van der Waals surface area contributed by atoms with Crippen molar-refractivity contribution in [2.75, 3.05) is 4.72 Å². The zero-order valence-corrected chi connectivity index (χ0v) is 6.98. The van der Waals surface area contributed by atoms with E-state index in [4.69, 9.17) is 4.55 Å². The molecule has 2 N–H and O–H groups in total.